The number of hydrogen-bond acceptors (Lipinski definition) is 3. The van der Waals surface area contributed by atoms with E-state index in [0.717, 1.165) is 11.3 Å². The van der Waals surface area contributed by atoms with Gasteiger partial charge < -0.3 is 15.8 Å². The van der Waals surface area contributed by atoms with Crippen molar-refractivity contribution in [3.63, 3.8) is 0 Å². The standard InChI is InChI=1S/C19H28N2O3/c1-12(2)9-16(18(20)22)21-19(23)15-8-7-13(3)17(10-15)24-11-14-5-4-6-14/h7-8,10,12,14,16H,4-6,9,11H2,1-3H3,(H2,20,22)(H,21,23)/t16-/m0/s1. The molecule has 2 amide bonds. The van der Waals surface area contributed by atoms with Crippen LogP contribution in [0.15, 0.2) is 18.2 Å². The molecule has 5 nitrogen and oxygen atoms in total. The van der Waals surface area contributed by atoms with Gasteiger partial charge in [-0.05, 0) is 55.7 Å². The van der Waals surface area contributed by atoms with Crippen molar-refractivity contribution in [3.8, 4) is 5.75 Å². The number of aryl methyl sites for hydroxylation is 1. The summed E-state index contributed by atoms with van der Waals surface area (Å²) in [5.41, 5.74) is 6.87. The van der Waals surface area contributed by atoms with E-state index in [2.05, 4.69) is 5.32 Å². The van der Waals surface area contributed by atoms with Gasteiger partial charge in [-0.25, -0.2) is 0 Å². The van der Waals surface area contributed by atoms with Gasteiger partial charge in [0.05, 0.1) is 6.61 Å². The van der Waals surface area contributed by atoms with Gasteiger partial charge in [-0.2, -0.15) is 0 Å². The zero-order valence-corrected chi connectivity index (χ0v) is 14.8. The van der Waals surface area contributed by atoms with Crippen LogP contribution < -0.4 is 15.8 Å². The number of rotatable bonds is 8. The third kappa shape index (κ3) is 4.98. The molecule has 0 spiro atoms. The second-order valence-corrected chi connectivity index (χ2v) is 7.15. The molecular weight excluding hydrogens is 304 g/mol. The van der Waals surface area contributed by atoms with Crippen molar-refractivity contribution in [1.82, 2.24) is 5.32 Å². The van der Waals surface area contributed by atoms with Crippen LogP contribution in [0.2, 0.25) is 0 Å². The molecule has 1 saturated carbocycles. The van der Waals surface area contributed by atoms with E-state index in [9.17, 15) is 9.59 Å². The lowest BCUT2D eigenvalue weighted by molar-refractivity contribution is -0.120. The van der Waals surface area contributed by atoms with Crippen LogP contribution in [-0.4, -0.2) is 24.5 Å². The van der Waals surface area contributed by atoms with E-state index in [1.54, 1.807) is 12.1 Å². The normalized spacial score (nSPS) is 15.7. The van der Waals surface area contributed by atoms with E-state index in [1.165, 1.54) is 19.3 Å². The molecule has 1 aromatic rings. The Morgan fingerprint density at radius 1 is 1.33 bits per heavy atom. The number of carbonyl (C=O) groups excluding carboxylic acids is 2. The maximum atomic E-state index is 12.4. The first-order chi connectivity index (χ1) is 11.4. The lowest BCUT2D eigenvalue weighted by Gasteiger charge is -2.25. The van der Waals surface area contributed by atoms with Crippen molar-refractivity contribution in [1.29, 1.82) is 0 Å². The van der Waals surface area contributed by atoms with Crippen LogP contribution in [0.25, 0.3) is 0 Å². The van der Waals surface area contributed by atoms with Gasteiger partial charge in [0.2, 0.25) is 5.91 Å². The van der Waals surface area contributed by atoms with E-state index >= 15 is 0 Å². The van der Waals surface area contributed by atoms with Crippen LogP contribution in [0.3, 0.4) is 0 Å². The highest BCUT2D eigenvalue weighted by molar-refractivity contribution is 5.97. The Labute approximate surface area is 143 Å². The topological polar surface area (TPSA) is 81.4 Å². The van der Waals surface area contributed by atoms with Gasteiger partial charge in [0.15, 0.2) is 0 Å². The molecule has 1 aliphatic carbocycles. The lowest BCUT2D eigenvalue weighted by atomic mass is 9.86. The number of nitrogens with two attached hydrogens (primary N) is 1. The average molecular weight is 332 g/mol. The minimum atomic E-state index is -0.654. The molecule has 3 N–H and O–H groups in total. The van der Waals surface area contributed by atoms with Crippen molar-refractivity contribution < 1.29 is 14.3 Å². The molecule has 1 aromatic carbocycles. The Morgan fingerprint density at radius 3 is 2.58 bits per heavy atom. The fourth-order valence-corrected chi connectivity index (χ4v) is 2.72. The third-order valence-electron chi connectivity index (χ3n) is 4.51. The number of carbonyl (C=O) groups is 2. The predicted molar refractivity (Wildman–Crippen MR) is 93.9 cm³/mol. The van der Waals surface area contributed by atoms with Gasteiger partial charge in [0.25, 0.3) is 5.91 Å². The molecule has 5 heteroatoms. The van der Waals surface area contributed by atoms with Gasteiger partial charge in [-0.3, -0.25) is 9.59 Å². The molecule has 0 saturated heterocycles. The summed E-state index contributed by atoms with van der Waals surface area (Å²) in [6.07, 6.45) is 4.24. The molecule has 1 fully saturated rings. The summed E-state index contributed by atoms with van der Waals surface area (Å²) in [5, 5.41) is 2.73. The number of ether oxygens (including phenoxy) is 1. The average Bonchev–Trinajstić information content (AvgIpc) is 2.46. The molecule has 0 heterocycles. The fourth-order valence-electron chi connectivity index (χ4n) is 2.72. The molecule has 24 heavy (non-hydrogen) atoms. The van der Waals surface area contributed by atoms with Gasteiger partial charge >= 0.3 is 0 Å². The number of amides is 2. The van der Waals surface area contributed by atoms with E-state index in [4.69, 9.17) is 10.5 Å². The highest BCUT2D eigenvalue weighted by Crippen LogP contribution is 2.28. The van der Waals surface area contributed by atoms with E-state index in [-0.39, 0.29) is 11.8 Å². The summed E-state index contributed by atoms with van der Waals surface area (Å²) in [6.45, 7) is 6.63. The van der Waals surface area contributed by atoms with E-state index in [0.29, 0.717) is 24.5 Å². The zero-order valence-electron chi connectivity index (χ0n) is 14.8. The zero-order chi connectivity index (χ0) is 17.7. The highest BCUT2D eigenvalue weighted by atomic mass is 16.5. The summed E-state index contributed by atoms with van der Waals surface area (Å²) >= 11 is 0. The Bertz CT molecular complexity index is 594. The van der Waals surface area contributed by atoms with Gasteiger partial charge in [-0.15, -0.1) is 0 Å². The first-order valence-corrected chi connectivity index (χ1v) is 8.70. The van der Waals surface area contributed by atoms with Crippen molar-refractivity contribution in [2.24, 2.45) is 17.6 Å². The van der Waals surface area contributed by atoms with Crippen LogP contribution in [0.4, 0.5) is 0 Å². The number of hydrogen-bond donors (Lipinski definition) is 2. The Hall–Kier alpha value is -2.04. The quantitative estimate of drug-likeness (QED) is 0.768. The second-order valence-electron chi connectivity index (χ2n) is 7.15. The summed E-state index contributed by atoms with van der Waals surface area (Å²) in [6, 6.07) is 4.70. The monoisotopic (exact) mass is 332 g/mol. The van der Waals surface area contributed by atoms with Crippen molar-refractivity contribution in [2.75, 3.05) is 6.61 Å². The van der Waals surface area contributed by atoms with Crippen LogP contribution in [0.1, 0.15) is 55.5 Å². The molecular formula is C19H28N2O3. The SMILES string of the molecule is Cc1ccc(C(=O)N[C@@H](CC(C)C)C(N)=O)cc1OCC1CCC1. The van der Waals surface area contributed by atoms with E-state index in [1.807, 2.05) is 26.8 Å². The number of benzene rings is 1. The van der Waals surface area contributed by atoms with Crippen molar-refractivity contribution >= 4 is 11.8 Å². The Kier molecular flexibility index (Phi) is 6.23. The van der Waals surface area contributed by atoms with Crippen LogP contribution in [-0.2, 0) is 4.79 Å². The minimum Gasteiger partial charge on any atom is -0.493 e. The molecule has 0 bridgehead atoms. The summed E-state index contributed by atoms with van der Waals surface area (Å²) < 4.78 is 5.88. The largest absolute Gasteiger partial charge is 0.493 e. The molecule has 1 atom stereocenters. The fraction of sp³-hybridized carbons (Fsp3) is 0.579. The molecule has 0 unspecified atom stereocenters. The maximum Gasteiger partial charge on any atom is 0.252 e. The molecule has 0 radical (unpaired) electrons. The number of nitrogens with one attached hydrogen (secondary N) is 1. The van der Waals surface area contributed by atoms with Crippen LogP contribution in [0.5, 0.6) is 5.75 Å². The molecule has 2 rings (SSSR count). The number of primary amides is 1. The summed E-state index contributed by atoms with van der Waals surface area (Å²) in [5.74, 6) is 0.821. The maximum absolute atomic E-state index is 12.4. The third-order valence-corrected chi connectivity index (χ3v) is 4.51. The first kappa shape index (κ1) is 18.3. The van der Waals surface area contributed by atoms with Crippen molar-refractivity contribution in [3.05, 3.63) is 29.3 Å². The van der Waals surface area contributed by atoms with Gasteiger partial charge in [-0.1, -0.05) is 26.3 Å². The van der Waals surface area contributed by atoms with E-state index < -0.39 is 11.9 Å². The molecule has 0 aromatic heterocycles. The Morgan fingerprint density at radius 2 is 2.04 bits per heavy atom. The molecule has 0 aliphatic heterocycles. The predicted octanol–water partition coefficient (Wildman–Crippen LogP) is 2.80. The smallest absolute Gasteiger partial charge is 0.252 e. The first-order valence-electron chi connectivity index (χ1n) is 8.70. The second kappa shape index (κ2) is 8.18. The van der Waals surface area contributed by atoms with Gasteiger partial charge in [0, 0.05) is 5.56 Å². The Balaban J connectivity index is 2.03. The molecule has 1 aliphatic rings. The van der Waals surface area contributed by atoms with Gasteiger partial charge in [0.1, 0.15) is 11.8 Å². The highest BCUT2D eigenvalue weighted by Gasteiger charge is 2.21. The minimum absolute atomic E-state index is 0.266. The summed E-state index contributed by atoms with van der Waals surface area (Å²) in [7, 11) is 0. The lowest BCUT2D eigenvalue weighted by Crippen LogP contribution is -2.45. The molecule has 132 valence electrons. The van der Waals surface area contributed by atoms with Crippen molar-refractivity contribution in [2.45, 2.75) is 52.5 Å². The van der Waals surface area contributed by atoms with Crippen LogP contribution in [0, 0.1) is 18.8 Å². The van der Waals surface area contributed by atoms with Crippen LogP contribution >= 0.6 is 0 Å². The summed E-state index contributed by atoms with van der Waals surface area (Å²) in [4.78, 5) is 24.0.